The standard InChI is InChI=1S/C12H20N2O2S/c1-9-8-14(6-7-16-9)11(15)12(10(13)17)4-2-3-5-12/h9H,2-8H2,1H3,(H2,13,17). The first kappa shape index (κ1) is 12.8. The summed E-state index contributed by atoms with van der Waals surface area (Å²) in [7, 11) is 0. The minimum atomic E-state index is -0.563. The average molecular weight is 256 g/mol. The van der Waals surface area contributed by atoms with Crippen molar-refractivity contribution in [2.45, 2.75) is 38.7 Å². The van der Waals surface area contributed by atoms with Crippen molar-refractivity contribution in [3.63, 3.8) is 0 Å². The monoisotopic (exact) mass is 256 g/mol. The minimum Gasteiger partial charge on any atom is -0.392 e. The van der Waals surface area contributed by atoms with Crippen LogP contribution in [-0.4, -0.2) is 41.6 Å². The molecule has 2 aliphatic rings. The van der Waals surface area contributed by atoms with Gasteiger partial charge in [0, 0.05) is 13.1 Å². The molecule has 1 atom stereocenters. The summed E-state index contributed by atoms with van der Waals surface area (Å²) < 4.78 is 5.46. The summed E-state index contributed by atoms with van der Waals surface area (Å²) in [5.41, 5.74) is 5.26. The van der Waals surface area contributed by atoms with Crippen molar-refractivity contribution in [1.29, 1.82) is 0 Å². The number of carbonyl (C=O) groups is 1. The highest BCUT2D eigenvalue weighted by atomic mass is 32.1. The van der Waals surface area contributed by atoms with E-state index in [9.17, 15) is 4.79 Å². The molecule has 1 saturated heterocycles. The fourth-order valence-electron chi connectivity index (χ4n) is 2.85. The maximum Gasteiger partial charge on any atom is 0.235 e. The topological polar surface area (TPSA) is 55.6 Å². The predicted molar refractivity (Wildman–Crippen MR) is 69.7 cm³/mol. The molecule has 5 heteroatoms. The van der Waals surface area contributed by atoms with Gasteiger partial charge in [0.25, 0.3) is 0 Å². The molecule has 4 nitrogen and oxygen atoms in total. The van der Waals surface area contributed by atoms with Gasteiger partial charge in [0.05, 0.1) is 23.1 Å². The largest absolute Gasteiger partial charge is 0.392 e. The second kappa shape index (κ2) is 4.90. The number of hydrogen-bond donors (Lipinski definition) is 1. The summed E-state index contributed by atoms with van der Waals surface area (Å²) in [6, 6.07) is 0. The molecular formula is C12H20N2O2S. The van der Waals surface area contributed by atoms with Gasteiger partial charge in [-0.1, -0.05) is 25.1 Å². The summed E-state index contributed by atoms with van der Waals surface area (Å²) in [5.74, 6) is 0.123. The van der Waals surface area contributed by atoms with Crippen LogP contribution in [0.15, 0.2) is 0 Å². The fourth-order valence-corrected chi connectivity index (χ4v) is 3.14. The van der Waals surface area contributed by atoms with Crippen molar-refractivity contribution >= 4 is 23.1 Å². The molecule has 2 fully saturated rings. The van der Waals surface area contributed by atoms with Crippen LogP contribution >= 0.6 is 12.2 Å². The maximum absolute atomic E-state index is 12.6. The minimum absolute atomic E-state index is 0.109. The highest BCUT2D eigenvalue weighted by Crippen LogP contribution is 2.40. The van der Waals surface area contributed by atoms with Gasteiger partial charge in [-0.15, -0.1) is 0 Å². The molecule has 0 aromatic rings. The Kier molecular flexibility index (Phi) is 3.68. The van der Waals surface area contributed by atoms with Gasteiger partial charge < -0.3 is 15.4 Å². The number of carbonyl (C=O) groups excluding carboxylic acids is 1. The molecule has 96 valence electrons. The third kappa shape index (κ3) is 2.31. The SMILES string of the molecule is CC1CN(C(=O)C2(C(N)=S)CCCC2)CCO1. The van der Waals surface area contributed by atoms with E-state index in [1.165, 1.54) is 0 Å². The number of amides is 1. The van der Waals surface area contributed by atoms with Crippen LogP contribution in [0.2, 0.25) is 0 Å². The third-order valence-corrected chi connectivity index (χ3v) is 4.26. The summed E-state index contributed by atoms with van der Waals surface area (Å²) in [4.78, 5) is 14.9. The van der Waals surface area contributed by atoms with E-state index in [0.29, 0.717) is 24.7 Å². The molecule has 17 heavy (non-hydrogen) atoms. The molecule has 0 aromatic heterocycles. The number of hydrogen-bond acceptors (Lipinski definition) is 3. The molecule has 0 spiro atoms. The first-order valence-electron chi connectivity index (χ1n) is 6.27. The van der Waals surface area contributed by atoms with E-state index in [1.807, 2.05) is 11.8 Å². The first-order valence-corrected chi connectivity index (χ1v) is 6.68. The quantitative estimate of drug-likeness (QED) is 0.751. The molecule has 0 radical (unpaired) electrons. The maximum atomic E-state index is 12.6. The number of rotatable bonds is 2. The highest BCUT2D eigenvalue weighted by Gasteiger charge is 2.46. The van der Waals surface area contributed by atoms with E-state index in [-0.39, 0.29) is 12.0 Å². The van der Waals surface area contributed by atoms with Gasteiger partial charge in [-0.3, -0.25) is 4.79 Å². The van der Waals surface area contributed by atoms with Crippen LogP contribution in [-0.2, 0) is 9.53 Å². The highest BCUT2D eigenvalue weighted by molar-refractivity contribution is 7.80. The number of morpholine rings is 1. The lowest BCUT2D eigenvalue weighted by molar-refractivity contribution is -0.145. The summed E-state index contributed by atoms with van der Waals surface area (Å²) in [5, 5.41) is 0. The predicted octanol–water partition coefficient (Wildman–Crippen LogP) is 1.08. The summed E-state index contributed by atoms with van der Waals surface area (Å²) >= 11 is 5.14. The van der Waals surface area contributed by atoms with Crippen molar-refractivity contribution in [2.24, 2.45) is 11.1 Å². The van der Waals surface area contributed by atoms with Crippen molar-refractivity contribution in [3.8, 4) is 0 Å². The second-order valence-corrected chi connectivity index (χ2v) is 5.53. The van der Waals surface area contributed by atoms with Gasteiger partial charge in [-0.2, -0.15) is 0 Å². The number of nitrogens with zero attached hydrogens (tertiary/aromatic N) is 1. The Hall–Kier alpha value is -0.680. The Morgan fingerprint density at radius 1 is 1.47 bits per heavy atom. The average Bonchev–Trinajstić information content (AvgIpc) is 2.78. The third-order valence-electron chi connectivity index (χ3n) is 3.87. The molecule has 1 unspecified atom stereocenters. The molecule has 2 rings (SSSR count). The van der Waals surface area contributed by atoms with E-state index in [0.717, 1.165) is 25.7 Å². The smallest absolute Gasteiger partial charge is 0.235 e. The number of nitrogens with two attached hydrogens (primary N) is 1. The number of thiocarbonyl (C=S) groups is 1. The van der Waals surface area contributed by atoms with Crippen molar-refractivity contribution in [1.82, 2.24) is 4.90 Å². The Balaban J connectivity index is 2.14. The number of ether oxygens (including phenoxy) is 1. The fraction of sp³-hybridized carbons (Fsp3) is 0.833. The van der Waals surface area contributed by atoms with E-state index < -0.39 is 5.41 Å². The first-order chi connectivity index (χ1) is 8.06. The van der Waals surface area contributed by atoms with E-state index in [4.69, 9.17) is 22.7 Å². The molecule has 1 aliphatic heterocycles. The molecule has 1 amide bonds. The van der Waals surface area contributed by atoms with Crippen molar-refractivity contribution in [3.05, 3.63) is 0 Å². The van der Waals surface area contributed by atoms with E-state index in [2.05, 4.69) is 0 Å². The zero-order valence-corrected chi connectivity index (χ0v) is 11.1. The lowest BCUT2D eigenvalue weighted by Gasteiger charge is -2.37. The lowest BCUT2D eigenvalue weighted by atomic mass is 9.84. The molecular weight excluding hydrogens is 236 g/mol. The molecule has 0 aromatic carbocycles. The summed E-state index contributed by atoms with van der Waals surface area (Å²) in [6.07, 6.45) is 3.82. The van der Waals surface area contributed by atoms with Crippen LogP contribution in [0.3, 0.4) is 0 Å². The molecule has 1 saturated carbocycles. The lowest BCUT2D eigenvalue weighted by Crippen LogP contribution is -2.53. The molecule has 1 heterocycles. The Bertz CT molecular complexity index is 326. The Morgan fingerprint density at radius 3 is 2.65 bits per heavy atom. The van der Waals surface area contributed by atoms with E-state index >= 15 is 0 Å². The van der Waals surface area contributed by atoms with Crippen molar-refractivity contribution in [2.75, 3.05) is 19.7 Å². The van der Waals surface area contributed by atoms with Gasteiger partial charge in [0.1, 0.15) is 0 Å². The molecule has 2 N–H and O–H groups in total. The normalized spacial score (nSPS) is 28.1. The van der Waals surface area contributed by atoms with Crippen LogP contribution in [0.4, 0.5) is 0 Å². The van der Waals surface area contributed by atoms with Gasteiger partial charge >= 0.3 is 0 Å². The van der Waals surface area contributed by atoms with Crippen LogP contribution in [0.5, 0.6) is 0 Å². The van der Waals surface area contributed by atoms with Crippen LogP contribution in [0, 0.1) is 5.41 Å². The second-order valence-electron chi connectivity index (χ2n) is 5.09. The van der Waals surface area contributed by atoms with Gasteiger partial charge in [-0.05, 0) is 19.8 Å². The molecule has 1 aliphatic carbocycles. The van der Waals surface area contributed by atoms with Crippen LogP contribution in [0.1, 0.15) is 32.6 Å². The summed E-state index contributed by atoms with van der Waals surface area (Å²) in [6.45, 7) is 3.92. The molecule has 0 bridgehead atoms. The van der Waals surface area contributed by atoms with Crippen molar-refractivity contribution < 1.29 is 9.53 Å². The van der Waals surface area contributed by atoms with E-state index in [1.54, 1.807) is 0 Å². The van der Waals surface area contributed by atoms with Crippen LogP contribution < -0.4 is 5.73 Å². The van der Waals surface area contributed by atoms with Gasteiger partial charge in [-0.25, -0.2) is 0 Å². The van der Waals surface area contributed by atoms with Gasteiger partial charge in [0.15, 0.2) is 0 Å². The zero-order chi connectivity index (χ0) is 12.5. The zero-order valence-electron chi connectivity index (χ0n) is 10.3. The van der Waals surface area contributed by atoms with Gasteiger partial charge in [0.2, 0.25) is 5.91 Å². The Morgan fingerprint density at radius 2 is 2.12 bits per heavy atom. The van der Waals surface area contributed by atoms with Crippen LogP contribution in [0.25, 0.3) is 0 Å². The Labute approximate surface area is 107 Å².